The molecule has 3 rings (SSSR count). The third kappa shape index (κ3) is 2.55. The molecule has 1 N–H and O–H groups in total. The molecule has 0 saturated carbocycles. The van der Waals surface area contributed by atoms with Gasteiger partial charge in [-0.05, 0) is 31.5 Å². The van der Waals surface area contributed by atoms with Crippen molar-refractivity contribution in [3.63, 3.8) is 0 Å². The third-order valence-electron chi connectivity index (χ3n) is 3.60. The summed E-state index contributed by atoms with van der Waals surface area (Å²) in [5.41, 5.74) is 0.769. The molecular weight excluding hydrogens is 365 g/mol. The van der Waals surface area contributed by atoms with Crippen molar-refractivity contribution >= 4 is 33.9 Å². The van der Waals surface area contributed by atoms with Crippen LogP contribution < -0.4 is 0 Å². The summed E-state index contributed by atoms with van der Waals surface area (Å²) in [4.78, 5) is 14.6. The van der Waals surface area contributed by atoms with Gasteiger partial charge in [-0.25, -0.2) is 9.78 Å². The topological polar surface area (TPSA) is 54.6 Å². The molecule has 0 bridgehead atoms. The van der Waals surface area contributed by atoms with E-state index in [1.54, 1.807) is 25.1 Å². The Morgan fingerprint density at radius 3 is 2.54 bits per heavy atom. The zero-order chi connectivity index (χ0) is 17.8. The van der Waals surface area contributed by atoms with E-state index in [0.717, 1.165) is 9.96 Å². The van der Waals surface area contributed by atoms with E-state index in [-0.39, 0.29) is 10.7 Å². The fraction of sp³-hybridized carbons (Fsp3) is 0.200. The second-order valence-electron chi connectivity index (χ2n) is 5.21. The van der Waals surface area contributed by atoms with E-state index >= 15 is 0 Å². The summed E-state index contributed by atoms with van der Waals surface area (Å²) in [7, 11) is 0. The number of carbonyl (C=O) groups is 1. The van der Waals surface area contributed by atoms with Crippen LogP contribution in [0, 0.1) is 13.8 Å². The van der Waals surface area contributed by atoms with Crippen molar-refractivity contribution in [1.82, 2.24) is 9.38 Å². The monoisotopic (exact) mass is 374 g/mol. The first-order valence-electron chi connectivity index (χ1n) is 6.70. The number of alkyl halides is 3. The van der Waals surface area contributed by atoms with Gasteiger partial charge in [-0.1, -0.05) is 29.0 Å². The molecule has 0 radical (unpaired) electrons. The highest BCUT2D eigenvalue weighted by Crippen LogP contribution is 2.39. The lowest BCUT2D eigenvalue weighted by Crippen LogP contribution is -2.14. The van der Waals surface area contributed by atoms with Crippen LogP contribution in [0.2, 0.25) is 5.02 Å². The van der Waals surface area contributed by atoms with Crippen molar-refractivity contribution in [2.75, 3.05) is 0 Å². The maximum Gasteiger partial charge on any atom is 0.433 e. The summed E-state index contributed by atoms with van der Waals surface area (Å²) in [5, 5.41) is 9.59. The second kappa shape index (κ2) is 5.49. The fourth-order valence-corrected chi connectivity index (χ4v) is 3.66. The number of imidazole rings is 1. The van der Waals surface area contributed by atoms with Gasteiger partial charge >= 0.3 is 12.1 Å². The van der Waals surface area contributed by atoms with Crippen molar-refractivity contribution in [1.29, 1.82) is 0 Å². The average Bonchev–Trinajstić information content (AvgIpc) is 2.99. The van der Waals surface area contributed by atoms with Gasteiger partial charge in [-0.2, -0.15) is 13.2 Å². The molecule has 0 spiro atoms. The molecule has 0 unspecified atom stereocenters. The van der Waals surface area contributed by atoms with Gasteiger partial charge in [0.1, 0.15) is 4.88 Å². The number of aromatic carboxylic acids is 1. The number of rotatable bonds is 2. The summed E-state index contributed by atoms with van der Waals surface area (Å²) in [6.07, 6.45) is -4.80. The van der Waals surface area contributed by atoms with Crippen molar-refractivity contribution in [3.8, 4) is 11.3 Å². The maximum absolute atomic E-state index is 13.4. The molecule has 0 aliphatic heterocycles. The molecule has 4 nitrogen and oxygen atoms in total. The van der Waals surface area contributed by atoms with E-state index in [1.165, 1.54) is 6.92 Å². The van der Waals surface area contributed by atoms with Gasteiger partial charge in [0.25, 0.3) is 0 Å². The Bertz CT molecular complexity index is 975. The highest BCUT2D eigenvalue weighted by molar-refractivity contribution is 7.19. The maximum atomic E-state index is 13.4. The largest absolute Gasteiger partial charge is 0.477 e. The summed E-state index contributed by atoms with van der Waals surface area (Å²) in [6.45, 7) is 3.26. The van der Waals surface area contributed by atoms with Crippen LogP contribution in [0.1, 0.15) is 26.6 Å². The van der Waals surface area contributed by atoms with E-state index < -0.39 is 22.7 Å². The molecule has 24 heavy (non-hydrogen) atoms. The Morgan fingerprint density at radius 1 is 1.33 bits per heavy atom. The summed E-state index contributed by atoms with van der Waals surface area (Å²) < 4.78 is 40.9. The summed E-state index contributed by atoms with van der Waals surface area (Å²) in [6, 6.07) is 5.04. The predicted octanol–water partition coefficient (Wildman–Crippen LogP) is 5.05. The van der Waals surface area contributed by atoms with Crippen LogP contribution in [0.5, 0.6) is 0 Å². The van der Waals surface area contributed by atoms with Crippen molar-refractivity contribution in [2.45, 2.75) is 20.0 Å². The molecular formula is C15H10ClF3N2O2S. The van der Waals surface area contributed by atoms with Crippen LogP contribution in [0.3, 0.4) is 0 Å². The Labute approximate surface area is 143 Å². The molecule has 0 aliphatic carbocycles. The molecule has 1 aromatic carbocycles. The average molecular weight is 375 g/mol. The fourth-order valence-electron chi connectivity index (χ4n) is 2.51. The van der Waals surface area contributed by atoms with Crippen LogP contribution in [-0.4, -0.2) is 20.5 Å². The highest BCUT2D eigenvalue weighted by Gasteiger charge is 2.41. The van der Waals surface area contributed by atoms with Gasteiger partial charge in [0.2, 0.25) is 0 Å². The van der Waals surface area contributed by atoms with Crippen LogP contribution >= 0.6 is 22.9 Å². The zero-order valence-electron chi connectivity index (χ0n) is 12.4. The van der Waals surface area contributed by atoms with Crippen LogP contribution in [0.25, 0.3) is 16.2 Å². The Balaban J connectivity index is 2.31. The zero-order valence-corrected chi connectivity index (χ0v) is 14.0. The Morgan fingerprint density at radius 2 is 2.00 bits per heavy atom. The van der Waals surface area contributed by atoms with E-state index in [1.807, 2.05) is 0 Å². The molecule has 0 amide bonds. The molecule has 2 heterocycles. The Hall–Kier alpha value is -2.06. The van der Waals surface area contributed by atoms with Gasteiger partial charge in [-0.3, -0.25) is 4.40 Å². The molecule has 2 aromatic heterocycles. The minimum Gasteiger partial charge on any atom is -0.477 e. The minimum absolute atomic E-state index is 0.0140. The first-order valence-corrected chi connectivity index (χ1v) is 7.89. The van der Waals surface area contributed by atoms with Gasteiger partial charge in [0, 0.05) is 16.3 Å². The number of aryl methyl sites for hydroxylation is 2. The number of aromatic nitrogens is 2. The standard InChI is InChI=1S/C15H10ClF3N2O2S/c1-6-5-8(3-4-9(6)16)10-7(2)21-12(15(17,18)19)11(13(22)23)24-14(21)20-10/h3-5H,1-2H3,(H,22,23). The molecule has 0 atom stereocenters. The lowest BCUT2D eigenvalue weighted by atomic mass is 10.1. The summed E-state index contributed by atoms with van der Waals surface area (Å²) >= 11 is 6.47. The third-order valence-corrected chi connectivity index (χ3v) is 5.06. The normalized spacial score (nSPS) is 12.1. The van der Waals surface area contributed by atoms with Crippen molar-refractivity contribution in [2.24, 2.45) is 0 Å². The van der Waals surface area contributed by atoms with Crippen molar-refractivity contribution < 1.29 is 23.1 Å². The minimum atomic E-state index is -4.80. The van der Waals surface area contributed by atoms with Gasteiger partial charge < -0.3 is 5.11 Å². The lowest BCUT2D eigenvalue weighted by molar-refractivity contribution is -0.142. The molecule has 126 valence electrons. The number of benzene rings is 1. The van der Waals surface area contributed by atoms with Crippen molar-refractivity contribution in [3.05, 3.63) is 45.1 Å². The molecule has 0 aliphatic rings. The van der Waals surface area contributed by atoms with Gasteiger partial charge in [0.15, 0.2) is 10.7 Å². The number of nitrogens with zero attached hydrogens (tertiary/aromatic N) is 2. The van der Waals surface area contributed by atoms with Crippen LogP contribution in [0.4, 0.5) is 13.2 Å². The number of fused-ring (bicyclic) bond motifs is 1. The number of carboxylic acid groups (broad SMARTS) is 1. The van der Waals surface area contributed by atoms with Gasteiger partial charge in [0.05, 0.1) is 5.69 Å². The molecule has 9 heteroatoms. The Kier molecular flexibility index (Phi) is 3.84. The first kappa shape index (κ1) is 16.8. The smallest absolute Gasteiger partial charge is 0.433 e. The quantitative estimate of drug-likeness (QED) is 0.683. The van der Waals surface area contributed by atoms with Gasteiger partial charge in [-0.15, -0.1) is 0 Å². The second-order valence-corrected chi connectivity index (χ2v) is 6.60. The molecule has 3 aromatic rings. The van der Waals surface area contributed by atoms with E-state index in [4.69, 9.17) is 16.7 Å². The lowest BCUT2D eigenvalue weighted by Gasteiger charge is -2.08. The summed E-state index contributed by atoms with van der Waals surface area (Å²) in [5.74, 6) is -1.62. The van der Waals surface area contributed by atoms with Crippen LogP contribution in [-0.2, 0) is 6.18 Å². The van der Waals surface area contributed by atoms with E-state index in [2.05, 4.69) is 4.98 Å². The molecule has 0 fully saturated rings. The number of carboxylic acids is 1. The SMILES string of the molecule is Cc1cc(-c2nc3sc(C(=O)O)c(C(F)(F)F)n3c2C)ccc1Cl. The number of hydrogen-bond acceptors (Lipinski definition) is 3. The number of hydrogen-bond donors (Lipinski definition) is 1. The number of halogens is 4. The molecule has 0 saturated heterocycles. The highest BCUT2D eigenvalue weighted by atomic mass is 35.5. The predicted molar refractivity (Wildman–Crippen MR) is 85.0 cm³/mol. The van der Waals surface area contributed by atoms with Crippen LogP contribution in [0.15, 0.2) is 18.2 Å². The number of thiazole rings is 1. The van der Waals surface area contributed by atoms with E-state index in [0.29, 0.717) is 27.6 Å². The first-order chi connectivity index (χ1) is 11.1. The van der Waals surface area contributed by atoms with E-state index in [9.17, 15) is 18.0 Å².